The zero-order chi connectivity index (χ0) is 22.5. The van der Waals surface area contributed by atoms with Gasteiger partial charge in [-0.15, -0.1) is 0 Å². The van der Waals surface area contributed by atoms with Crippen LogP contribution in [-0.4, -0.2) is 48.4 Å². The number of hydrogen-bond acceptors (Lipinski definition) is 6. The van der Waals surface area contributed by atoms with Crippen molar-refractivity contribution in [1.82, 2.24) is 10.1 Å². The summed E-state index contributed by atoms with van der Waals surface area (Å²) in [5, 5.41) is 3.96. The van der Waals surface area contributed by atoms with Gasteiger partial charge in [-0.05, 0) is 56.7 Å². The monoisotopic (exact) mass is 440 g/mol. The number of fused-ring (bicyclic) bond motifs is 3. The Labute approximate surface area is 189 Å². The average molecular weight is 441 g/mol. The molecule has 172 valence electrons. The predicted molar refractivity (Wildman–Crippen MR) is 118 cm³/mol. The zero-order valence-corrected chi connectivity index (χ0v) is 19.3. The molecule has 1 aromatic heterocycles. The molecule has 0 aliphatic carbocycles. The van der Waals surface area contributed by atoms with Crippen LogP contribution in [0.2, 0.25) is 0 Å². The molecule has 1 spiro atoms. The van der Waals surface area contributed by atoms with Crippen LogP contribution in [-0.2, 0) is 11.2 Å². The van der Waals surface area contributed by atoms with Crippen molar-refractivity contribution >= 4 is 5.91 Å². The van der Waals surface area contributed by atoms with Crippen LogP contribution in [0.3, 0.4) is 0 Å². The van der Waals surface area contributed by atoms with Crippen LogP contribution in [0.25, 0.3) is 0 Å². The first-order chi connectivity index (χ1) is 15.3. The average Bonchev–Trinajstić information content (AvgIpc) is 3.28. The number of amides is 1. The van der Waals surface area contributed by atoms with Gasteiger partial charge in [0.25, 0.3) is 5.91 Å². The van der Waals surface area contributed by atoms with Gasteiger partial charge in [-0.3, -0.25) is 4.79 Å². The van der Waals surface area contributed by atoms with E-state index in [1.807, 2.05) is 30.0 Å². The lowest BCUT2D eigenvalue weighted by Crippen LogP contribution is -2.54. The molecule has 1 amide bonds. The van der Waals surface area contributed by atoms with E-state index in [1.54, 1.807) is 13.2 Å². The van der Waals surface area contributed by atoms with Crippen molar-refractivity contribution in [1.29, 1.82) is 0 Å². The summed E-state index contributed by atoms with van der Waals surface area (Å²) in [6.45, 7) is 8.43. The lowest BCUT2D eigenvalue weighted by Gasteiger charge is -2.54. The number of hydrogen-bond donors (Lipinski definition) is 0. The number of carbonyl (C=O) groups is 1. The van der Waals surface area contributed by atoms with Gasteiger partial charge in [0.1, 0.15) is 22.9 Å². The summed E-state index contributed by atoms with van der Waals surface area (Å²) in [6.07, 6.45) is 3.59. The number of likely N-dealkylation sites (tertiary alicyclic amines) is 1. The number of rotatable bonds is 3. The van der Waals surface area contributed by atoms with Crippen molar-refractivity contribution in [2.45, 2.75) is 58.2 Å². The summed E-state index contributed by atoms with van der Waals surface area (Å²) in [5.41, 5.74) is 1.22. The molecule has 2 fully saturated rings. The smallest absolute Gasteiger partial charge is 0.276 e. The number of ether oxygens (including phenoxy) is 3. The fourth-order valence-electron chi connectivity index (χ4n) is 5.53. The highest BCUT2D eigenvalue weighted by atomic mass is 16.5. The largest absolute Gasteiger partial charge is 0.497 e. The van der Waals surface area contributed by atoms with Crippen LogP contribution in [0, 0.1) is 11.3 Å². The number of aromatic nitrogens is 1. The third-order valence-corrected chi connectivity index (χ3v) is 7.61. The molecule has 3 aliphatic heterocycles. The minimum atomic E-state index is -0.329. The SMILES string of the molecule is CCc1cc(C(=O)N2CCC3(CC2)CO[C@@H]2c4cc(OC)ccc4OC(C)(C)[C@H]2C3)no1. The molecule has 5 rings (SSSR count). The first-order valence-electron chi connectivity index (χ1n) is 11.6. The van der Waals surface area contributed by atoms with E-state index in [1.165, 1.54) is 0 Å². The van der Waals surface area contributed by atoms with Crippen molar-refractivity contribution in [2.75, 3.05) is 26.8 Å². The van der Waals surface area contributed by atoms with Crippen LogP contribution >= 0.6 is 0 Å². The lowest BCUT2D eigenvalue weighted by atomic mass is 9.64. The van der Waals surface area contributed by atoms with Gasteiger partial charge in [-0.25, -0.2) is 0 Å². The fourth-order valence-corrected chi connectivity index (χ4v) is 5.53. The van der Waals surface area contributed by atoms with Gasteiger partial charge in [0, 0.05) is 37.1 Å². The Balaban J connectivity index is 1.31. The molecule has 0 saturated carbocycles. The first kappa shape index (κ1) is 21.3. The Kier molecular flexibility index (Phi) is 5.19. The maximum atomic E-state index is 12.9. The van der Waals surface area contributed by atoms with Crippen LogP contribution < -0.4 is 9.47 Å². The van der Waals surface area contributed by atoms with E-state index in [9.17, 15) is 4.79 Å². The van der Waals surface area contributed by atoms with Crippen molar-refractivity contribution < 1.29 is 23.5 Å². The van der Waals surface area contributed by atoms with Gasteiger partial charge in [0.15, 0.2) is 5.69 Å². The van der Waals surface area contributed by atoms with Crippen molar-refractivity contribution in [3.05, 3.63) is 41.3 Å². The highest BCUT2D eigenvalue weighted by Gasteiger charge is 2.53. The Hall–Kier alpha value is -2.54. The van der Waals surface area contributed by atoms with E-state index < -0.39 is 0 Å². The second-order valence-electron chi connectivity index (χ2n) is 9.98. The molecule has 0 N–H and O–H groups in total. The normalized spacial score (nSPS) is 25.6. The van der Waals surface area contributed by atoms with Crippen LogP contribution in [0.5, 0.6) is 11.5 Å². The van der Waals surface area contributed by atoms with Gasteiger partial charge < -0.3 is 23.6 Å². The number of aryl methyl sites for hydroxylation is 1. The molecule has 0 unspecified atom stereocenters. The molecule has 7 heteroatoms. The molecule has 32 heavy (non-hydrogen) atoms. The van der Waals surface area contributed by atoms with Crippen LogP contribution in [0.4, 0.5) is 0 Å². The molecule has 0 radical (unpaired) electrons. The van der Waals surface area contributed by atoms with Gasteiger partial charge in [-0.1, -0.05) is 12.1 Å². The number of benzene rings is 1. The number of nitrogens with zero attached hydrogens (tertiary/aromatic N) is 2. The molecule has 7 nitrogen and oxygen atoms in total. The highest BCUT2D eigenvalue weighted by Crippen LogP contribution is 2.55. The fraction of sp³-hybridized carbons (Fsp3) is 0.600. The van der Waals surface area contributed by atoms with Crippen molar-refractivity contribution in [3.63, 3.8) is 0 Å². The second-order valence-corrected chi connectivity index (χ2v) is 9.98. The van der Waals surface area contributed by atoms with E-state index >= 15 is 0 Å². The topological polar surface area (TPSA) is 74.0 Å². The van der Waals surface area contributed by atoms with E-state index in [-0.39, 0.29) is 28.9 Å². The van der Waals surface area contributed by atoms with E-state index in [4.69, 9.17) is 18.7 Å². The number of carbonyl (C=O) groups excluding carboxylic acids is 1. The lowest BCUT2D eigenvalue weighted by molar-refractivity contribution is -0.173. The molecular formula is C25H32N2O5. The Morgan fingerprint density at radius 2 is 2.03 bits per heavy atom. The minimum absolute atomic E-state index is 0.00303. The second kappa shape index (κ2) is 7.80. The van der Waals surface area contributed by atoms with Crippen molar-refractivity contribution in [3.8, 4) is 11.5 Å². The third kappa shape index (κ3) is 3.56. The zero-order valence-electron chi connectivity index (χ0n) is 19.3. The number of piperidine rings is 1. The van der Waals surface area contributed by atoms with Crippen molar-refractivity contribution in [2.24, 2.45) is 11.3 Å². The maximum Gasteiger partial charge on any atom is 0.276 e. The molecule has 0 bridgehead atoms. The molecule has 4 heterocycles. The Bertz CT molecular complexity index is 1010. The molecule has 2 aromatic rings. The van der Waals surface area contributed by atoms with E-state index in [0.717, 1.165) is 48.5 Å². The Morgan fingerprint density at radius 3 is 2.72 bits per heavy atom. The predicted octanol–water partition coefficient (Wildman–Crippen LogP) is 4.42. The quantitative estimate of drug-likeness (QED) is 0.704. The molecular weight excluding hydrogens is 408 g/mol. The summed E-state index contributed by atoms with van der Waals surface area (Å²) in [7, 11) is 1.68. The summed E-state index contributed by atoms with van der Waals surface area (Å²) < 4.78 is 23.7. The highest BCUT2D eigenvalue weighted by molar-refractivity contribution is 5.92. The number of methoxy groups -OCH3 is 1. The van der Waals surface area contributed by atoms with Gasteiger partial charge in [0.2, 0.25) is 0 Å². The molecule has 2 saturated heterocycles. The molecule has 2 atom stereocenters. The minimum Gasteiger partial charge on any atom is -0.497 e. The van der Waals surface area contributed by atoms with E-state index in [0.29, 0.717) is 25.4 Å². The maximum absolute atomic E-state index is 12.9. The Morgan fingerprint density at radius 1 is 1.25 bits per heavy atom. The summed E-state index contributed by atoms with van der Waals surface area (Å²) >= 11 is 0. The third-order valence-electron chi connectivity index (χ3n) is 7.61. The van der Waals surface area contributed by atoms with Crippen LogP contribution in [0.1, 0.15) is 67.9 Å². The first-order valence-corrected chi connectivity index (χ1v) is 11.6. The standard InChI is InChI=1S/C25H32N2O5/c1-5-16-13-20(26-32-16)23(28)27-10-8-25(9-11-27)14-19-22(30-15-25)18-12-17(29-4)6-7-21(18)31-24(19,2)3/h6-7,12-13,19,22H,5,8-11,14-15H2,1-4H3/t19-,22+/m0/s1. The van der Waals surface area contributed by atoms with Gasteiger partial charge in [0.05, 0.1) is 19.8 Å². The summed E-state index contributed by atoms with van der Waals surface area (Å²) in [4.78, 5) is 14.8. The van der Waals surface area contributed by atoms with Gasteiger partial charge >= 0.3 is 0 Å². The molecule has 3 aliphatic rings. The van der Waals surface area contributed by atoms with E-state index in [2.05, 4.69) is 19.0 Å². The summed E-state index contributed by atoms with van der Waals surface area (Å²) in [5.74, 6) is 2.64. The summed E-state index contributed by atoms with van der Waals surface area (Å²) in [6, 6.07) is 7.72. The van der Waals surface area contributed by atoms with Gasteiger partial charge in [-0.2, -0.15) is 0 Å². The molecule has 1 aromatic carbocycles. The van der Waals surface area contributed by atoms with Crippen LogP contribution in [0.15, 0.2) is 28.8 Å².